The van der Waals surface area contributed by atoms with Crippen LogP contribution in [0, 0.1) is 0 Å². The van der Waals surface area contributed by atoms with Crippen molar-refractivity contribution in [2.24, 2.45) is 0 Å². The average molecular weight is 446 g/mol. The molecule has 2 N–H and O–H groups in total. The number of amides is 2. The first-order chi connectivity index (χ1) is 16.1. The summed E-state index contributed by atoms with van der Waals surface area (Å²) in [5, 5.41) is 9.46. The number of hydrogen-bond acceptors (Lipinski definition) is 6. The van der Waals surface area contributed by atoms with E-state index in [1.165, 1.54) is 0 Å². The number of rotatable bonds is 7. The number of esters is 2. The second kappa shape index (κ2) is 9.82. The number of ether oxygens (including phenoxy) is 2. The molecule has 168 valence electrons. The Morgan fingerprint density at radius 1 is 1.00 bits per heavy atom. The minimum Gasteiger partial charge on any atom is -0.463 e. The van der Waals surface area contributed by atoms with Gasteiger partial charge in [0.1, 0.15) is 6.61 Å². The van der Waals surface area contributed by atoms with E-state index in [1.807, 2.05) is 6.07 Å². The molecule has 0 unspecified atom stereocenters. The number of nitrogens with one attached hydrogen (secondary N) is 2. The molecule has 9 nitrogen and oxygen atoms in total. The van der Waals surface area contributed by atoms with Crippen LogP contribution in [0.3, 0.4) is 0 Å². The van der Waals surface area contributed by atoms with Gasteiger partial charge in [-0.3, -0.25) is 0 Å². The standard InChI is InChI=1S/C24H22N4O5/c1-2-32-23(30)20-19(26-24(31)27-21(20)16-7-4-3-5-8-16)15-33-22(29)17-9-11-18(12-10-17)28-14-6-13-25-28/h3-14,21H,2,15H2,1H3,(H2,26,27,31)/t21-/m0/s1. The van der Waals surface area contributed by atoms with Gasteiger partial charge in [-0.1, -0.05) is 30.3 Å². The number of nitrogens with zero attached hydrogens (tertiary/aromatic N) is 2. The van der Waals surface area contributed by atoms with Crippen LogP contribution in [0.5, 0.6) is 0 Å². The summed E-state index contributed by atoms with van der Waals surface area (Å²) >= 11 is 0. The third kappa shape index (κ3) is 4.93. The minimum atomic E-state index is -0.735. The molecule has 3 aromatic rings. The van der Waals surface area contributed by atoms with Crippen LogP contribution >= 0.6 is 0 Å². The minimum absolute atomic E-state index is 0.160. The molecule has 2 aromatic carbocycles. The number of carbonyl (C=O) groups excluding carboxylic acids is 3. The number of urea groups is 1. The van der Waals surface area contributed by atoms with Crippen LogP contribution in [0.25, 0.3) is 5.69 Å². The lowest BCUT2D eigenvalue weighted by atomic mass is 9.95. The summed E-state index contributed by atoms with van der Waals surface area (Å²) in [6.07, 6.45) is 3.45. The van der Waals surface area contributed by atoms with E-state index < -0.39 is 24.0 Å². The van der Waals surface area contributed by atoms with Crippen molar-refractivity contribution < 1.29 is 23.9 Å². The van der Waals surface area contributed by atoms with E-state index in [1.54, 1.807) is 78.6 Å². The molecule has 4 rings (SSSR count). The smallest absolute Gasteiger partial charge is 0.338 e. The molecule has 2 heterocycles. The Morgan fingerprint density at radius 2 is 1.76 bits per heavy atom. The topological polar surface area (TPSA) is 112 Å². The summed E-state index contributed by atoms with van der Waals surface area (Å²) in [4.78, 5) is 37.6. The van der Waals surface area contributed by atoms with E-state index in [4.69, 9.17) is 9.47 Å². The first kappa shape index (κ1) is 21.8. The van der Waals surface area contributed by atoms with Crippen molar-refractivity contribution in [3.05, 3.63) is 95.5 Å². The Kier molecular flexibility index (Phi) is 6.49. The highest BCUT2D eigenvalue weighted by atomic mass is 16.5. The van der Waals surface area contributed by atoms with E-state index in [9.17, 15) is 14.4 Å². The summed E-state index contributed by atoms with van der Waals surface area (Å²) in [5.41, 5.74) is 2.18. The summed E-state index contributed by atoms with van der Waals surface area (Å²) in [6.45, 7) is 1.55. The predicted molar refractivity (Wildman–Crippen MR) is 118 cm³/mol. The van der Waals surface area contributed by atoms with Gasteiger partial charge in [0.2, 0.25) is 0 Å². The molecule has 1 aliphatic heterocycles. The normalized spacial score (nSPS) is 15.4. The van der Waals surface area contributed by atoms with E-state index in [0.29, 0.717) is 11.1 Å². The van der Waals surface area contributed by atoms with Gasteiger partial charge in [-0.05, 0) is 42.8 Å². The first-order valence-corrected chi connectivity index (χ1v) is 10.4. The number of aromatic nitrogens is 2. The van der Waals surface area contributed by atoms with Crippen molar-refractivity contribution in [2.45, 2.75) is 13.0 Å². The maximum absolute atomic E-state index is 12.7. The molecule has 1 aliphatic rings. The van der Waals surface area contributed by atoms with Gasteiger partial charge in [-0.25, -0.2) is 19.1 Å². The van der Waals surface area contributed by atoms with Crippen molar-refractivity contribution >= 4 is 18.0 Å². The Bertz CT molecular complexity index is 1170. The number of hydrogen-bond donors (Lipinski definition) is 2. The predicted octanol–water partition coefficient (Wildman–Crippen LogP) is 2.90. The van der Waals surface area contributed by atoms with Crippen LogP contribution in [0.15, 0.2) is 84.3 Å². The third-order valence-corrected chi connectivity index (χ3v) is 5.00. The Hall–Kier alpha value is -4.40. The second-order valence-corrected chi connectivity index (χ2v) is 7.13. The molecule has 0 fully saturated rings. The fourth-order valence-corrected chi connectivity index (χ4v) is 3.47. The van der Waals surface area contributed by atoms with Gasteiger partial charge in [0.25, 0.3) is 0 Å². The second-order valence-electron chi connectivity index (χ2n) is 7.13. The van der Waals surface area contributed by atoms with Crippen molar-refractivity contribution in [2.75, 3.05) is 13.2 Å². The van der Waals surface area contributed by atoms with Gasteiger partial charge in [-0.15, -0.1) is 0 Å². The van der Waals surface area contributed by atoms with Crippen LogP contribution in [-0.2, 0) is 14.3 Å². The zero-order valence-corrected chi connectivity index (χ0v) is 17.9. The molecule has 33 heavy (non-hydrogen) atoms. The zero-order chi connectivity index (χ0) is 23.2. The van der Waals surface area contributed by atoms with E-state index >= 15 is 0 Å². The summed E-state index contributed by atoms with van der Waals surface area (Å²) in [6, 6.07) is 16.3. The van der Waals surface area contributed by atoms with Crippen LogP contribution in [0.1, 0.15) is 28.9 Å². The van der Waals surface area contributed by atoms with Crippen LogP contribution in [-0.4, -0.2) is 41.0 Å². The van der Waals surface area contributed by atoms with Crippen LogP contribution in [0.4, 0.5) is 4.79 Å². The molecule has 1 atom stereocenters. The number of carbonyl (C=O) groups is 3. The molecule has 0 spiro atoms. The van der Waals surface area contributed by atoms with Crippen molar-refractivity contribution in [1.29, 1.82) is 0 Å². The molecule has 0 radical (unpaired) electrons. The Morgan fingerprint density at radius 3 is 2.42 bits per heavy atom. The monoisotopic (exact) mass is 446 g/mol. The lowest BCUT2D eigenvalue weighted by Gasteiger charge is -2.29. The molecule has 0 aliphatic carbocycles. The van der Waals surface area contributed by atoms with Crippen LogP contribution in [0.2, 0.25) is 0 Å². The van der Waals surface area contributed by atoms with Crippen molar-refractivity contribution in [1.82, 2.24) is 20.4 Å². The molecule has 2 amide bonds. The largest absolute Gasteiger partial charge is 0.463 e. The van der Waals surface area contributed by atoms with Gasteiger partial charge in [0.05, 0.1) is 35.2 Å². The molecule has 0 saturated carbocycles. The highest BCUT2D eigenvalue weighted by Gasteiger charge is 2.34. The molecular weight excluding hydrogens is 424 g/mol. The van der Waals surface area contributed by atoms with Gasteiger partial charge < -0.3 is 20.1 Å². The Balaban J connectivity index is 1.56. The summed E-state index contributed by atoms with van der Waals surface area (Å²) < 4.78 is 12.3. The summed E-state index contributed by atoms with van der Waals surface area (Å²) in [7, 11) is 0. The first-order valence-electron chi connectivity index (χ1n) is 10.4. The van der Waals surface area contributed by atoms with Crippen LogP contribution < -0.4 is 10.6 Å². The molecule has 0 saturated heterocycles. The molecule has 0 bridgehead atoms. The third-order valence-electron chi connectivity index (χ3n) is 5.00. The van der Waals surface area contributed by atoms with E-state index in [2.05, 4.69) is 15.7 Å². The van der Waals surface area contributed by atoms with Gasteiger partial charge in [0, 0.05) is 12.4 Å². The quantitative estimate of drug-likeness (QED) is 0.540. The van der Waals surface area contributed by atoms with Crippen molar-refractivity contribution in [3.63, 3.8) is 0 Å². The Labute approximate surface area is 190 Å². The maximum atomic E-state index is 12.7. The molecular formula is C24H22N4O5. The lowest BCUT2D eigenvalue weighted by Crippen LogP contribution is -2.47. The van der Waals surface area contributed by atoms with Gasteiger partial charge >= 0.3 is 18.0 Å². The lowest BCUT2D eigenvalue weighted by molar-refractivity contribution is -0.139. The van der Waals surface area contributed by atoms with Gasteiger partial charge in [0.15, 0.2) is 0 Å². The van der Waals surface area contributed by atoms with Crippen molar-refractivity contribution in [3.8, 4) is 5.69 Å². The zero-order valence-electron chi connectivity index (χ0n) is 17.9. The van der Waals surface area contributed by atoms with E-state index in [0.717, 1.165) is 5.69 Å². The number of benzene rings is 2. The molecule has 9 heteroatoms. The highest BCUT2D eigenvalue weighted by molar-refractivity contribution is 5.95. The fraction of sp³-hybridized carbons (Fsp3) is 0.167. The fourth-order valence-electron chi connectivity index (χ4n) is 3.47. The average Bonchev–Trinajstić information content (AvgIpc) is 3.38. The summed E-state index contributed by atoms with van der Waals surface area (Å²) in [5.74, 6) is -1.20. The SMILES string of the molecule is CCOC(=O)C1=C(COC(=O)c2ccc(-n3cccn3)cc2)NC(=O)N[C@H]1c1ccccc1. The molecule has 1 aromatic heterocycles. The van der Waals surface area contributed by atoms with E-state index in [-0.39, 0.29) is 24.5 Å². The highest BCUT2D eigenvalue weighted by Crippen LogP contribution is 2.28. The van der Waals surface area contributed by atoms with Gasteiger partial charge in [-0.2, -0.15) is 5.10 Å². The maximum Gasteiger partial charge on any atom is 0.338 e.